The first-order valence-corrected chi connectivity index (χ1v) is 9.10. The van der Waals surface area contributed by atoms with E-state index in [-0.39, 0.29) is 11.4 Å². The number of methoxy groups -OCH3 is 1. The lowest BCUT2D eigenvalue weighted by molar-refractivity contribution is -0.117. The van der Waals surface area contributed by atoms with Crippen LogP contribution in [-0.4, -0.2) is 28.9 Å². The maximum Gasteiger partial charge on any atom is 0.296 e. The normalized spacial score (nSPS) is 17.0. The summed E-state index contributed by atoms with van der Waals surface area (Å²) < 4.78 is 6.34. The van der Waals surface area contributed by atoms with E-state index in [1.807, 2.05) is 24.3 Å². The average Bonchev–Trinajstić information content (AvgIpc) is 3.20. The third-order valence-electron chi connectivity index (χ3n) is 4.51. The van der Waals surface area contributed by atoms with Gasteiger partial charge in [0.25, 0.3) is 5.91 Å². The van der Waals surface area contributed by atoms with Crippen LogP contribution in [0.2, 0.25) is 0 Å². The maximum absolute atomic E-state index is 12.9. The lowest BCUT2D eigenvalue weighted by atomic mass is 9.96. The second-order valence-corrected chi connectivity index (χ2v) is 7.11. The summed E-state index contributed by atoms with van der Waals surface area (Å²) in [6.07, 6.45) is 0. The molecule has 0 bridgehead atoms. The highest BCUT2D eigenvalue weighted by atomic mass is 32.1. The van der Waals surface area contributed by atoms with Gasteiger partial charge in [0, 0.05) is 5.56 Å². The van der Waals surface area contributed by atoms with E-state index in [9.17, 15) is 14.7 Å². The number of anilines is 1. The zero-order valence-electron chi connectivity index (χ0n) is 14.7. The minimum absolute atomic E-state index is 0.0451. The number of thiazole rings is 1. The largest absolute Gasteiger partial charge is 0.503 e. The molecule has 0 fully saturated rings. The molecule has 6 nitrogen and oxygen atoms in total. The topological polar surface area (TPSA) is 79.7 Å². The van der Waals surface area contributed by atoms with Gasteiger partial charge in [-0.1, -0.05) is 41.7 Å². The summed E-state index contributed by atoms with van der Waals surface area (Å²) >= 11 is 1.33. The Morgan fingerprint density at radius 3 is 2.59 bits per heavy atom. The van der Waals surface area contributed by atoms with Gasteiger partial charge in [0.1, 0.15) is 11.8 Å². The number of aliphatic hydroxyl groups excluding tert-OH is 1. The smallest absolute Gasteiger partial charge is 0.296 e. The van der Waals surface area contributed by atoms with Gasteiger partial charge >= 0.3 is 0 Å². The third-order valence-corrected chi connectivity index (χ3v) is 5.55. The van der Waals surface area contributed by atoms with E-state index in [2.05, 4.69) is 4.98 Å². The lowest BCUT2D eigenvalue weighted by Crippen LogP contribution is -2.31. The van der Waals surface area contributed by atoms with Crippen molar-refractivity contribution in [3.63, 3.8) is 0 Å². The SMILES string of the molecule is COc1ccccc1C1C(C(C)=O)=C(O)C(=O)N1c1nc2ccccc2s1. The van der Waals surface area contributed by atoms with E-state index in [4.69, 9.17) is 4.74 Å². The van der Waals surface area contributed by atoms with E-state index in [0.717, 1.165) is 10.2 Å². The van der Waals surface area contributed by atoms with Gasteiger partial charge in [0.15, 0.2) is 16.7 Å². The number of amides is 1. The Hall–Kier alpha value is -3.19. The number of carbonyl (C=O) groups excluding carboxylic acids is 2. The van der Waals surface area contributed by atoms with Crippen molar-refractivity contribution in [2.24, 2.45) is 0 Å². The maximum atomic E-state index is 12.9. The summed E-state index contributed by atoms with van der Waals surface area (Å²) in [6.45, 7) is 1.34. The molecule has 27 heavy (non-hydrogen) atoms. The van der Waals surface area contributed by atoms with Crippen LogP contribution in [0, 0.1) is 0 Å². The van der Waals surface area contributed by atoms with Crippen molar-refractivity contribution in [2.45, 2.75) is 13.0 Å². The van der Waals surface area contributed by atoms with Crippen molar-refractivity contribution in [1.29, 1.82) is 0 Å². The highest BCUT2D eigenvalue weighted by Gasteiger charge is 2.45. The molecule has 1 atom stereocenters. The van der Waals surface area contributed by atoms with E-state index >= 15 is 0 Å². The molecule has 1 aromatic heterocycles. The minimum Gasteiger partial charge on any atom is -0.503 e. The zero-order chi connectivity index (χ0) is 19.1. The monoisotopic (exact) mass is 380 g/mol. The number of fused-ring (bicyclic) bond motifs is 1. The highest BCUT2D eigenvalue weighted by molar-refractivity contribution is 7.22. The fourth-order valence-electron chi connectivity index (χ4n) is 3.31. The molecule has 1 amide bonds. The number of nitrogens with zero attached hydrogens (tertiary/aromatic N) is 2. The van der Waals surface area contributed by atoms with E-state index in [1.165, 1.54) is 30.3 Å². The number of benzene rings is 2. The number of ether oxygens (including phenoxy) is 1. The molecule has 136 valence electrons. The molecular weight excluding hydrogens is 364 g/mol. The molecular formula is C20H16N2O4S. The number of Topliss-reactive ketones (excluding diaryl/α,β-unsaturated/α-hetero) is 1. The number of ketones is 1. The van der Waals surface area contributed by atoms with Gasteiger partial charge in [-0.25, -0.2) is 4.98 Å². The van der Waals surface area contributed by atoms with Crippen LogP contribution in [-0.2, 0) is 9.59 Å². The van der Waals surface area contributed by atoms with Crippen LogP contribution in [0.4, 0.5) is 5.13 Å². The molecule has 7 heteroatoms. The molecule has 1 aliphatic heterocycles. The Labute approximate surface area is 159 Å². The van der Waals surface area contributed by atoms with Crippen LogP contribution >= 0.6 is 11.3 Å². The Morgan fingerprint density at radius 2 is 1.89 bits per heavy atom. The van der Waals surface area contributed by atoms with Crippen LogP contribution < -0.4 is 9.64 Å². The summed E-state index contributed by atoms with van der Waals surface area (Å²) in [4.78, 5) is 31.1. The van der Waals surface area contributed by atoms with E-state index in [0.29, 0.717) is 16.4 Å². The number of aliphatic hydroxyl groups is 1. The van der Waals surface area contributed by atoms with Crippen molar-refractivity contribution in [3.8, 4) is 5.75 Å². The van der Waals surface area contributed by atoms with E-state index < -0.39 is 17.7 Å². The molecule has 2 aromatic carbocycles. The Kier molecular flexibility index (Phi) is 4.16. The number of aromatic nitrogens is 1. The van der Waals surface area contributed by atoms with Crippen molar-refractivity contribution in [1.82, 2.24) is 4.98 Å². The van der Waals surface area contributed by atoms with Crippen molar-refractivity contribution >= 4 is 38.4 Å². The van der Waals surface area contributed by atoms with Crippen molar-refractivity contribution in [3.05, 3.63) is 65.4 Å². The number of hydrogen-bond acceptors (Lipinski definition) is 6. The van der Waals surface area contributed by atoms with Crippen LogP contribution in [0.3, 0.4) is 0 Å². The molecule has 4 rings (SSSR count). The average molecular weight is 380 g/mol. The summed E-state index contributed by atoms with van der Waals surface area (Å²) in [5.41, 5.74) is 1.41. The van der Waals surface area contributed by atoms with Gasteiger partial charge in [0.05, 0.1) is 22.9 Å². The van der Waals surface area contributed by atoms with Gasteiger partial charge in [-0.15, -0.1) is 0 Å². The molecule has 0 saturated heterocycles. The fourth-order valence-corrected chi connectivity index (χ4v) is 4.30. The van der Waals surface area contributed by atoms with Crippen molar-refractivity contribution < 1.29 is 19.4 Å². The molecule has 1 N–H and O–H groups in total. The van der Waals surface area contributed by atoms with Gasteiger partial charge in [0.2, 0.25) is 0 Å². The summed E-state index contributed by atoms with van der Waals surface area (Å²) in [6, 6.07) is 13.9. The first-order valence-electron chi connectivity index (χ1n) is 8.29. The molecule has 2 heterocycles. The van der Waals surface area contributed by atoms with E-state index in [1.54, 1.807) is 24.3 Å². The molecule has 0 aliphatic carbocycles. The quantitative estimate of drug-likeness (QED) is 0.745. The van der Waals surface area contributed by atoms with Crippen LogP contribution in [0.15, 0.2) is 59.9 Å². The first-order chi connectivity index (χ1) is 13.0. The summed E-state index contributed by atoms with van der Waals surface area (Å²) in [5, 5.41) is 10.9. The molecule has 0 spiro atoms. The second kappa shape index (κ2) is 6.51. The van der Waals surface area contributed by atoms with Gasteiger partial charge in [-0.2, -0.15) is 0 Å². The molecule has 0 radical (unpaired) electrons. The molecule has 1 aliphatic rings. The van der Waals surface area contributed by atoms with Crippen LogP contribution in [0.5, 0.6) is 5.75 Å². The molecule has 0 saturated carbocycles. The van der Waals surface area contributed by atoms with Gasteiger partial charge in [-0.3, -0.25) is 14.5 Å². The lowest BCUT2D eigenvalue weighted by Gasteiger charge is -2.25. The predicted molar refractivity (Wildman–Crippen MR) is 103 cm³/mol. The predicted octanol–water partition coefficient (Wildman–Crippen LogP) is 3.79. The van der Waals surface area contributed by atoms with Crippen LogP contribution in [0.1, 0.15) is 18.5 Å². The van der Waals surface area contributed by atoms with Crippen LogP contribution in [0.25, 0.3) is 10.2 Å². The van der Waals surface area contributed by atoms with Gasteiger partial charge < -0.3 is 9.84 Å². The number of para-hydroxylation sites is 2. The molecule has 1 unspecified atom stereocenters. The fraction of sp³-hybridized carbons (Fsp3) is 0.150. The molecule has 3 aromatic rings. The second-order valence-electron chi connectivity index (χ2n) is 6.10. The Bertz CT molecular complexity index is 1070. The summed E-state index contributed by atoms with van der Waals surface area (Å²) in [7, 11) is 1.52. The van der Waals surface area contributed by atoms with Gasteiger partial charge in [-0.05, 0) is 25.1 Å². The first kappa shape index (κ1) is 17.2. The highest BCUT2D eigenvalue weighted by Crippen LogP contribution is 2.45. The number of hydrogen-bond donors (Lipinski definition) is 1. The number of rotatable bonds is 4. The standard InChI is InChI=1S/C20H16N2O4S/c1-11(23)16-17(12-7-3-5-9-14(12)26-2)22(19(25)18(16)24)20-21-13-8-4-6-10-15(13)27-20/h3-10,17,24H,1-2H3. The zero-order valence-corrected chi connectivity index (χ0v) is 15.5. The number of carbonyl (C=O) groups is 2. The minimum atomic E-state index is -0.799. The Balaban J connectivity index is 1.94. The third kappa shape index (κ3) is 2.67. The van der Waals surface area contributed by atoms with Crippen molar-refractivity contribution in [2.75, 3.05) is 12.0 Å². The Morgan fingerprint density at radius 1 is 1.19 bits per heavy atom. The summed E-state index contributed by atoms with van der Waals surface area (Å²) in [5.74, 6) is -1.04.